The maximum atomic E-state index is 10.0. The van der Waals surface area contributed by atoms with E-state index in [-0.39, 0.29) is 6.10 Å². The summed E-state index contributed by atoms with van der Waals surface area (Å²) in [5.41, 5.74) is 1.14. The number of hydrogen-bond acceptors (Lipinski definition) is 5. The second-order valence-corrected chi connectivity index (χ2v) is 6.65. The zero-order chi connectivity index (χ0) is 13.4. The fraction of sp³-hybridized carbons (Fsp3) is 0.786. The van der Waals surface area contributed by atoms with E-state index in [1.165, 1.54) is 0 Å². The van der Waals surface area contributed by atoms with Gasteiger partial charge in [0, 0.05) is 25.7 Å². The first-order chi connectivity index (χ1) is 9.19. The number of likely N-dealkylation sites (N-methyl/N-ethyl adjacent to an activating group) is 1. The third-order valence-electron chi connectivity index (χ3n) is 4.35. The fourth-order valence-corrected chi connectivity index (χ4v) is 4.32. The van der Waals surface area contributed by atoms with Gasteiger partial charge >= 0.3 is 0 Å². The van der Waals surface area contributed by atoms with Crippen molar-refractivity contribution in [2.24, 2.45) is 0 Å². The van der Waals surface area contributed by atoms with Crippen LogP contribution in [0.3, 0.4) is 0 Å². The highest BCUT2D eigenvalue weighted by molar-refractivity contribution is 7.15. The number of piperazine rings is 1. The quantitative estimate of drug-likeness (QED) is 0.900. The highest BCUT2D eigenvalue weighted by Gasteiger charge is 2.28. The lowest BCUT2D eigenvalue weighted by Crippen LogP contribution is -2.51. The van der Waals surface area contributed by atoms with Crippen molar-refractivity contribution in [1.82, 2.24) is 9.88 Å². The van der Waals surface area contributed by atoms with Gasteiger partial charge in [-0.1, -0.05) is 18.3 Å². The predicted molar refractivity (Wildman–Crippen MR) is 78.9 cm³/mol. The molecule has 0 amide bonds. The first kappa shape index (κ1) is 13.3. The highest BCUT2D eigenvalue weighted by Crippen LogP contribution is 2.37. The number of hydrogen-bond donors (Lipinski definition) is 1. The number of aryl methyl sites for hydroxylation is 1. The van der Waals surface area contributed by atoms with Gasteiger partial charge in [0.25, 0.3) is 0 Å². The van der Waals surface area contributed by atoms with Crippen LogP contribution in [-0.2, 0) is 6.42 Å². The summed E-state index contributed by atoms with van der Waals surface area (Å²) >= 11 is 1.71. The number of aliphatic hydroxyl groups excluding tert-OH is 1. The third-order valence-corrected chi connectivity index (χ3v) is 5.61. The largest absolute Gasteiger partial charge is 0.388 e. The molecule has 1 aromatic rings. The molecule has 0 spiro atoms. The monoisotopic (exact) mass is 281 g/mol. The third kappa shape index (κ3) is 2.51. The zero-order valence-corrected chi connectivity index (χ0v) is 12.6. The molecule has 1 aromatic heterocycles. The van der Waals surface area contributed by atoms with Gasteiger partial charge in [-0.2, -0.15) is 0 Å². The second kappa shape index (κ2) is 5.38. The van der Waals surface area contributed by atoms with Crippen molar-refractivity contribution in [3.63, 3.8) is 0 Å². The SMILES string of the molecule is CCN1CCN(c2nc3c(s2)C(O)CCC3)CC1C. The Bertz CT molecular complexity index is 448. The van der Waals surface area contributed by atoms with Crippen LogP contribution < -0.4 is 4.90 Å². The summed E-state index contributed by atoms with van der Waals surface area (Å²) in [6, 6.07) is 0.588. The summed E-state index contributed by atoms with van der Waals surface area (Å²) in [5.74, 6) is 0. The molecule has 0 bridgehead atoms. The Kier molecular flexibility index (Phi) is 3.78. The van der Waals surface area contributed by atoms with Gasteiger partial charge in [-0.05, 0) is 32.7 Å². The Morgan fingerprint density at radius 3 is 2.95 bits per heavy atom. The van der Waals surface area contributed by atoms with Crippen molar-refractivity contribution < 1.29 is 5.11 Å². The summed E-state index contributed by atoms with van der Waals surface area (Å²) in [5, 5.41) is 11.2. The first-order valence-electron chi connectivity index (χ1n) is 7.35. The first-order valence-corrected chi connectivity index (χ1v) is 8.17. The second-order valence-electron chi connectivity index (χ2n) is 5.64. The lowest BCUT2D eigenvalue weighted by molar-refractivity contribution is 0.160. The van der Waals surface area contributed by atoms with E-state index in [1.807, 2.05) is 0 Å². The van der Waals surface area contributed by atoms with Gasteiger partial charge in [-0.15, -0.1) is 0 Å². The number of thiazole rings is 1. The molecule has 1 fully saturated rings. The Balaban J connectivity index is 1.76. The molecule has 0 radical (unpaired) electrons. The van der Waals surface area contributed by atoms with Crippen molar-refractivity contribution in [2.45, 2.75) is 45.3 Å². The Labute approximate surface area is 119 Å². The Morgan fingerprint density at radius 2 is 2.26 bits per heavy atom. The fourth-order valence-electron chi connectivity index (χ4n) is 3.16. The molecule has 106 valence electrons. The van der Waals surface area contributed by atoms with E-state index in [0.717, 1.165) is 61.1 Å². The van der Waals surface area contributed by atoms with Gasteiger partial charge in [0.1, 0.15) is 0 Å². The number of nitrogens with zero attached hydrogens (tertiary/aromatic N) is 3. The Hall–Kier alpha value is -0.650. The lowest BCUT2D eigenvalue weighted by atomic mass is 10.0. The van der Waals surface area contributed by atoms with Gasteiger partial charge in [0.05, 0.1) is 16.7 Å². The Morgan fingerprint density at radius 1 is 1.42 bits per heavy atom. The van der Waals surface area contributed by atoms with E-state index < -0.39 is 0 Å². The molecule has 3 rings (SSSR count). The summed E-state index contributed by atoms with van der Waals surface area (Å²) in [6.07, 6.45) is 2.73. The molecule has 2 unspecified atom stereocenters. The molecule has 2 heterocycles. The molecule has 0 aromatic carbocycles. The van der Waals surface area contributed by atoms with Crippen LogP contribution in [0.2, 0.25) is 0 Å². The van der Waals surface area contributed by atoms with Crippen molar-refractivity contribution in [3.05, 3.63) is 10.6 Å². The standard InChI is InChI=1S/C14H23N3OS/c1-3-16-7-8-17(9-10(16)2)14-15-11-5-4-6-12(18)13(11)19-14/h10,12,18H,3-9H2,1-2H3. The van der Waals surface area contributed by atoms with Crippen LogP contribution in [0.4, 0.5) is 5.13 Å². The van der Waals surface area contributed by atoms with Gasteiger partial charge in [0.15, 0.2) is 5.13 Å². The molecule has 1 saturated heterocycles. The summed E-state index contributed by atoms with van der Waals surface area (Å²) in [7, 11) is 0. The molecule has 5 heteroatoms. The van der Waals surface area contributed by atoms with Crippen LogP contribution >= 0.6 is 11.3 Å². The molecule has 1 aliphatic heterocycles. The van der Waals surface area contributed by atoms with Crippen LogP contribution in [0.1, 0.15) is 43.4 Å². The molecular weight excluding hydrogens is 258 g/mol. The van der Waals surface area contributed by atoms with Gasteiger partial charge in [0.2, 0.25) is 0 Å². The number of fused-ring (bicyclic) bond motifs is 1. The molecular formula is C14H23N3OS. The van der Waals surface area contributed by atoms with E-state index in [4.69, 9.17) is 4.98 Å². The van der Waals surface area contributed by atoms with Crippen LogP contribution in [-0.4, -0.2) is 47.2 Å². The molecule has 2 aliphatic rings. The topological polar surface area (TPSA) is 39.6 Å². The summed E-state index contributed by atoms with van der Waals surface area (Å²) in [4.78, 5) is 10.8. The van der Waals surface area contributed by atoms with E-state index in [2.05, 4.69) is 23.6 Å². The zero-order valence-electron chi connectivity index (χ0n) is 11.8. The molecule has 0 saturated carbocycles. The average molecular weight is 281 g/mol. The number of rotatable bonds is 2. The minimum absolute atomic E-state index is 0.274. The maximum absolute atomic E-state index is 10.0. The maximum Gasteiger partial charge on any atom is 0.185 e. The van der Waals surface area contributed by atoms with E-state index in [9.17, 15) is 5.11 Å². The van der Waals surface area contributed by atoms with Crippen LogP contribution in [0.15, 0.2) is 0 Å². The minimum Gasteiger partial charge on any atom is -0.388 e. The number of aliphatic hydroxyl groups is 1. The van der Waals surface area contributed by atoms with Crippen LogP contribution in [0, 0.1) is 0 Å². The van der Waals surface area contributed by atoms with Crippen LogP contribution in [0.5, 0.6) is 0 Å². The summed E-state index contributed by atoms with van der Waals surface area (Å²) in [6.45, 7) is 8.87. The van der Waals surface area contributed by atoms with E-state index in [0.29, 0.717) is 6.04 Å². The lowest BCUT2D eigenvalue weighted by Gasteiger charge is -2.39. The van der Waals surface area contributed by atoms with E-state index in [1.54, 1.807) is 11.3 Å². The van der Waals surface area contributed by atoms with Crippen molar-refractivity contribution in [1.29, 1.82) is 0 Å². The normalized spacial score (nSPS) is 28.5. The average Bonchev–Trinajstić information content (AvgIpc) is 2.84. The molecule has 19 heavy (non-hydrogen) atoms. The predicted octanol–water partition coefficient (Wildman–Crippen LogP) is 2.04. The van der Waals surface area contributed by atoms with Crippen molar-refractivity contribution in [2.75, 3.05) is 31.1 Å². The summed E-state index contributed by atoms with van der Waals surface area (Å²) < 4.78 is 0. The number of aromatic nitrogens is 1. The van der Waals surface area contributed by atoms with Crippen molar-refractivity contribution in [3.8, 4) is 0 Å². The molecule has 2 atom stereocenters. The van der Waals surface area contributed by atoms with Gasteiger partial charge < -0.3 is 10.0 Å². The minimum atomic E-state index is -0.274. The van der Waals surface area contributed by atoms with Crippen LogP contribution in [0.25, 0.3) is 0 Å². The van der Waals surface area contributed by atoms with Gasteiger partial charge in [-0.25, -0.2) is 4.98 Å². The van der Waals surface area contributed by atoms with E-state index >= 15 is 0 Å². The molecule has 1 aliphatic carbocycles. The molecule has 1 N–H and O–H groups in total. The number of anilines is 1. The smallest absolute Gasteiger partial charge is 0.185 e. The van der Waals surface area contributed by atoms with Crippen molar-refractivity contribution >= 4 is 16.5 Å². The van der Waals surface area contributed by atoms with Gasteiger partial charge in [-0.3, -0.25) is 4.90 Å². The molecule has 4 nitrogen and oxygen atoms in total. The highest BCUT2D eigenvalue weighted by atomic mass is 32.1.